The third-order valence-electron chi connectivity index (χ3n) is 3.83. The predicted molar refractivity (Wildman–Crippen MR) is 77.2 cm³/mol. The highest BCUT2D eigenvalue weighted by atomic mass is 79.9. The van der Waals surface area contributed by atoms with Crippen LogP contribution in [0.15, 0.2) is 12.3 Å². The van der Waals surface area contributed by atoms with Crippen LogP contribution in [-0.2, 0) is 11.2 Å². The second-order valence-corrected chi connectivity index (χ2v) is 6.28. The van der Waals surface area contributed by atoms with Crippen LogP contribution in [0.5, 0.6) is 0 Å². The Labute approximate surface area is 118 Å². The van der Waals surface area contributed by atoms with E-state index in [0.717, 1.165) is 38.9 Å². The highest BCUT2D eigenvalue weighted by Gasteiger charge is 2.24. The average Bonchev–Trinajstić information content (AvgIpc) is 2.82. The van der Waals surface area contributed by atoms with E-state index in [1.165, 1.54) is 5.69 Å². The van der Waals surface area contributed by atoms with Gasteiger partial charge in [0.05, 0.1) is 18.3 Å². The molecule has 0 aliphatic carbocycles. The average molecular weight is 315 g/mol. The number of alkyl halides is 1. The SMILES string of the molecule is CCC(CC)n1ccc(CC2COCCC2Br)n1. The lowest BCUT2D eigenvalue weighted by Crippen LogP contribution is -2.29. The van der Waals surface area contributed by atoms with Crippen molar-refractivity contribution in [2.24, 2.45) is 5.92 Å². The van der Waals surface area contributed by atoms with Crippen molar-refractivity contribution in [1.82, 2.24) is 9.78 Å². The molecule has 0 aromatic carbocycles. The zero-order valence-corrected chi connectivity index (χ0v) is 12.9. The number of aromatic nitrogens is 2. The van der Waals surface area contributed by atoms with Gasteiger partial charge in [0.1, 0.15) is 0 Å². The normalized spacial score (nSPS) is 24.7. The molecule has 1 aromatic rings. The van der Waals surface area contributed by atoms with E-state index in [1.54, 1.807) is 0 Å². The molecule has 2 heterocycles. The third-order valence-corrected chi connectivity index (χ3v) is 5.04. The zero-order valence-electron chi connectivity index (χ0n) is 11.3. The molecule has 3 nitrogen and oxygen atoms in total. The van der Waals surface area contributed by atoms with E-state index < -0.39 is 0 Å². The summed E-state index contributed by atoms with van der Waals surface area (Å²) in [6.07, 6.45) is 6.54. The molecule has 0 saturated carbocycles. The van der Waals surface area contributed by atoms with Crippen molar-refractivity contribution >= 4 is 15.9 Å². The molecule has 1 saturated heterocycles. The molecule has 2 unspecified atom stereocenters. The van der Waals surface area contributed by atoms with Gasteiger partial charge in [-0.15, -0.1) is 0 Å². The van der Waals surface area contributed by atoms with E-state index in [9.17, 15) is 0 Å². The van der Waals surface area contributed by atoms with Gasteiger partial charge in [0.15, 0.2) is 0 Å². The van der Waals surface area contributed by atoms with Crippen LogP contribution in [0.1, 0.15) is 44.8 Å². The van der Waals surface area contributed by atoms with Crippen molar-refractivity contribution in [3.63, 3.8) is 0 Å². The van der Waals surface area contributed by atoms with Gasteiger partial charge in [0.2, 0.25) is 0 Å². The van der Waals surface area contributed by atoms with Crippen LogP contribution in [0.25, 0.3) is 0 Å². The number of halogens is 1. The van der Waals surface area contributed by atoms with E-state index in [0.29, 0.717) is 16.8 Å². The fraction of sp³-hybridized carbons (Fsp3) is 0.786. The maximum absolute atomic E-state index is 5.56. The summed E-state index contributed by atoms with van der Waals surface area (Å²) in [4.78, 5) is 0.574. The van der Waals surface area contributed by atoms with Crippen LogP contribution < -0.4 is 0 Å². The topological polar surface area (TPSA) is 27.1 Å². The lowest BCUT2D eigenvalue weighted by Gasteiger charge is -2.26. The maximum atomic E-state index is 5.56. The Morgan fingerprint density at radius 1 is 1.50 bits per heavy atom. The Bertz CT molecular complexity index is 362. The van der Waals surface area contributed by atoms with Crippen molar-refractivity contribution in [3.8, 4) is 0 Å². The van der Waals surface area contributed by atoms with E-state index in [4.69, 9.17) is 9.84 Å². The van der Waals surface area contributed by atoms with Crippen molar-refractivity contribution in [2.75, 3.05) is 13.2 Å². The molecule has 1 aromatic heterocycles. The minimum atomic E-state index is 0.543. The first-order valence-electron chi connectivity index (χ1n) is 7.00. The molecule has 102 valence electrons. The van der Waals surface area contributed by atoms with Crippen molar-refractivity contribution in [2.45, 2.75) is 50.4 Å². The Morgan fingerprint density at radius 2 is 2.28 bits per heavy atom. The zero-order chi connectivity index (χ0) is 13.0. The van der Waals surface area contributed by atoms with Gasteiger partial charge in [-0.3, -0.25) is 4.68 Å². The van der Waals surface area contributed by atoms with Crippen molar-refractivity contribution in [1.29, 1.82) is 0 Å². The van der Waals surface area contributed by atoms with E-state index in [-0.39, 0.29) is 0 Å². The van der Waals surface area contributed by atoms with Crippen LogP contribution in [0.4, 0.5) is 0 Å². The molecule has 1 aliphatic heterocycles. The lowest BCUT2D eigenvalue weighted by molar-refractivity contribution is 0.0601. The second-order valence-electron chi connectivity index (χ2n) is 5.10. The van der Waals surface area contributed by atoms with E-state index >= 15 is 0 Å². The van der Waals surface area contributed by atoms with Crippen LogP contribution in [0.2, 0.25) is 0 Å². The van der Waals surface area contributed by atoms with Gasteiger partial charge < -0.3 is 4.74 Å². The molecule has 0 radical (unpaired) electrons. The van der Waals surface area contributed by atoms with Crippen molar-refractivity contribution in [3.05, 3.63) is 18.0 Å². The molecule has 2 rings (SSSR count). The number of hydrogen-bond acceptors (Lipinski definition) is 2. The summed E-state index contributed by atoms with van der Waals surface area (Å²) in [6.45, 7) is 6.18. The third kappa shape index (κ3) is 3.35. The van der Waals surface area contributed by atoms with Gasteiger partial charge in [-0.2, -0.15) is 5.10 Å². The van der Waals surface area contributed by atoms with Gasteiger partial charge >= 0.3 is 0 Å². The first-order valence-corrected chi connectivity index (χ1v) is 7.92. The minimum Gasteiger partial charge on any atom is -0.381 e. The largest absolute Gasteiger partial charge is 0.381 e. The van der Waals surface area contributed by atoms with Gasteiger partial charge in [-0.05, 0) is 31.7 Å². The number of nitrogens with zero attached hydrogens (tertiary/aromatic N) is 2. The summed E-state index contributed by atoms with van der Waals surface area (Å²) in [5.41, 5.74) is 1.20. The Hall–Kier alpha value is -0.350. The summed E-state index contributed by atoms with van der Waals surface area (Å²) in [5, 5.41) is 4.72. The molecule has 0 amide bonds. The predicted octanol–water partition coefficient (Wildman–Crippen LogP) is 3.59. The lowest BCUT2D eigenvalue weighted by atomic mass is 9.97. The molecular formula is C14H23BrN2O. The molecule has 0 spiro atoms. The smallest absolute Gasteiger partial charge is 0.0628 e. The fourth-order valence-electron chi connectivity index (χ4n) is 2.58. The Morgan fingerprint density at radius 3 is 2.94 bits per heavy atom. The fourth-order valence-corrected chi connectivity index (χ4v) is 3.11. The monoisotopic (exact) mass is 314 g/mol. The number of hydrogen-bond donors (Lipinski definition) is 0. The number of rotatable bonds is 5. The van der Waals surface area contributed by atoms with Gasteiger partial charge in [0.25, 0.3) is 0 Å². The molecule has 18 heavy (non-hydrogen) atoms. The summed E-state index contributed by atoms with van der Waals surface area (Å²) in [7, 11) is 0. The summed E-state index contributed by atoms with van der Waals surface area (Å²) >= 11 is 3.76. The quantitative estimate of drug-likeness (QED) is 0.777. The van der Waals surface area contributed by atoms with E-state index in [2.05, 4.69) is 46.7 Å². The molecular weight excluding hydrogens is 292 g/mol. The highest BCUT2D eigenvalue weighted by Crippen LogP contribution is 2.25. The summed E-state index contributed by atoms with van der Waals surface area (Å²) in [6, 6.07) is 2.70. The van der Waals surface area contributed by atoms with Crippen LogP contribution in [0, 0.1) is 5.92 Å². The van der Waals surface area contributed by atoms with Crippen LogP contribution in [-0.4, -0.2) is 27.8 Å². The number of ether oxygens (including phenoxy) is 1. The summed E-state index contributed by atoms with van der Waals surface area (Å²) < 4.78 is 7.68. The van der Waals surface area contributed by atoms with E-state index in [1.807, 2.05) is 0 Å². The molecule has 0 bridgehead atoms. The van der Waals surface area contributed by atoms with Crippen LogP contribution >= 0.6 is 15.9 Å². The first-order chi connectivity index (χ1) is 8.74. The van der Waals surface area contributed by atoms with Crippen LogP contribution in [0.3, 0.4) is 0 Å². The second kappa shape index (κ2) is 6.71. The Balaban J connectivity index is 1.97. The van der Waals surface area contributed by atoms with Crippen molar-refractivity contribution < 1.29 is 4.74 Å². The molecule has 4 heteroatoms. The molecule has 1 fully saturated rings. The maximum Gasteiger partial charge on any atom is 0.0628 e. The standard InChI is InChI=1S/C14H23BrN2O/c1-3-13(4-2)17-7-5-12(16-17)9-11-10-18-8-6-14(11)15/h5,7,11,13-14H,3-4,6,8-10H2,1-2H3. The molecule has 0 N–H and O–H groups in total. The first kappa shape index (κ1) is 14.1. The molecule has 1 aliphatic rings. The Kier molecular flexibility index (Phi) is 5.25. The summed E-state index contributed by atoms with van der Waals surface area (Å²) in [5.74, 6) is 0.559. The molecule has 2 atom stereocenters. The van der Waals surface area contributed by atoms with Gasteiger partial charge in [0, 0.05) is 23.5 Å². The minimum absolute atomic E-state index is 0.543. The highest BCUT2D eigenvalue weighted by molar-refractivity contribution is 9.09. The van der Waals surface area contributed by atoms with Gasteiger partial charge in [-0.25, -0.2) is 0 Å². The van der Waals surface area contributed by atoms with Gasteiger partial charge in [-0.1, -0.05) is 29.8 Å².